The molecule has 1 aliphatic rings. The monoisotopic (exact) mass is 308 g/mol. The average Bonchev–Trinajstić information content (AvgIpc) is 2.50. The summed E-state index contributed by atoms with van der Waals surface area (Å²) in [5.74, 6) is 2.24. The Bertz CT molecular complexity index is 435. The molecule has 1 aromatic rings. The Labute approximate surface area is 131 Å². The van der Waals surface area contributed by atoms with E-state index in [2.05, 4.69) is 10.2 Å². The first-order chi connectivity index (χ1) is 10.2. The second kappa shape index (κ2) is 8.41. The molecule has 0 bridgehead atoms. The zero-order chi connectivity index (χ0) is 15.1. The zero-order valence-corrected chi connectivity index (χ0v) is 13.6. The molecular formula is C16H24N2O2S. The molecule has 116 valence electrons. The van der Waals surface area contributed by atoms with Crippen LogP contribution in [-0.4, -0.2) is 55.2 Å². The van der Waals surface area contributed by atoms with Gasteiger partial charge in [0.2, 0.25) is 5.91 Å². The third-order valence-electron chi connectivity index (χ3n) is 3.58. The largest absolute Gasteiger partial charge is 0.383 e. The molecule has 1 saturated heterocycles. The van der Waals surface area contributed by atoms with Gasteiger partial charge in [-0.15, -0.1) is 0 Å². The second-order valence-corrected chi connectivity index (χ2v) is 6.55. The van der Waals surface area contributed by atoms with Gasteiger partial charge in [0.1, 0.15) is 6.04 Å². The number of nitrogens with zero attached hydrogens (tertiary/aromatic N) is 1. The number of amides is 1. The van der Waals surface area contributed by atoms with Gasteiger partial charge in [-0.05, 0) is 12.5 Å². The van der Waals surface area contributed by atoms with Crippen LogP contribution in [0.1, 0.15) is 18.5 Å². The van der Waals surface area contributed by atoms with Gasteiger partial charge in [0.05, 0.1) is 6.61 Å². The van der Waals surface area contributed by atoms with E-state index in [1.807, 2.05) is 49.0 Å². The fraction of sp³-hybridized carbons (Fsp3) is 0.562. The Morgan fingerprint density at radius 2 is 2.00 bits per heavy atom. The minimum atomic E-state index is -0.202. The maximum atomic E-state index is 12.7. The average molecular weight is 308 g/mol. The lowest BCUT2D eigenvalue weighted by Crippen LogP contribution is -2.47. The predicted molar refractivity (Wildman–Crippen MR) is 87.6 cm³/mol. The van der Waals surface area contributed by atoms with Gasteiger partial charge in [0.15, 0.2) is 0 Å². The van der Waals surface area contributed by atoms with Crippen molar-refractivity contribution in [3.05, 3.63) is 35.9 Å². The molecule has 0 spiro atoms. The van der Waals surface area contributed by atoms with Crippen LogP contribution in [0, 0.1) is 0 Å². The van der Waals surface area contributed by atoms with Crippen molar-refractivity contribution in [1.82, 2.24) is 10.2 Å². The lowest BCUT2D eigenvalue weighted by atomic mass is 10.0. The van der Waals surface area contributed by atoms with E-state index >= 15 is 0 Å². The quantitative estimate of drug-likeness (QED) is 0.872. The molecule has 0 aromatic heterocycles. The number of carbonyl (C=O) groups is 1. The topological polar surface area (TPSA) is 41.6 Å². The molecule has 5 heteroatoms. The third-order valence-corrected chi connectivity index (χ3v) is 4.52. The highest BCUT2D eigenvalue weighted by molar-refractivity contribution is 7.99. The number of carbonyl (C=O) groups excluding carboxylic acids is 1. The number of hydrogen-bond donors (Lipinski definition) is 1. The van der Waals surface area contributed by atoms with Crippen molar-refractivity contribution in [3.63, 3.8) is 0 Å². The Hall–Kier alpha value is -1.04. The van der Waals surface area contributed by atoms with Gasteiger partial charge in [-0.3, -0.25) is 9.69 Å². The van der Waals surface area contributed by atoms with E-state index in [9.17, 15) is 4.79 Å². The van der Waals surface area contributed by atoms with Crippen LogP contribution in [0.3, 0.4) is 0 Å². The van der Waals surface area contributed by atoms with Gasteiger partial charge >= 0.3 is 0 Å². The van der Waals surface area contributed by atoms with Gasteiger partial charge < -0.3 is 10.1 Å². The molecule has 0 aliphatic carbocycles. The van der Waals surface area contributed by atoms with E-state index in [-0.39, 0.29) is 18.0 Å². The first-order valence-electron chi connectivity index (χ1n) is 7.38. The number of methoxy groups -OCH3 is 1. The summed E-state index contributed by atoms with van der Waals surface area (Å²) in [6.45, 7) is 4.41. The summed E-state index contributed by atoms with van der Waals surface area (Å²) < 4.78 is 5.10. The molecule has 4 nitrogen and oxygen atoms in total. The van der Waals surface area contributed by atoms with Crippen LogP contribution in [0.5, 0.6) is 0 Å². The Morgan fingerprint density at radius 1 is 1.33 bits per heavy atom. The van der Waals surface area contributed by atoms with E-state index in [1.54, 1.807) is 7.11 Å². The molecule has 1 fully saturated rings. The number of nitrogens with one attached hydrogen (secondary N) is 1. The van der Waals surface area contributed by atoms with Crippen LogP contribution in [0.25, 0.3) is 0 Å². The molecule has 1 aromatic carbocycles. The van der Waals surface area contributed by atoms with Crippen molar-refractivity contribution < 1.29 is 9.53 Å². The summed E-state index contributed by atoms with van der Waals surface area (Å²) in [6.07, 6.45) is 0. The third kappa shape index (κ3) is 4.73. The summed E-state index contributed by atoms with van der Waals surface area (Å²) in [5.41, 5.74) is 1.06. The molecule has 1 amide bonds. The highest BCUT2D eigenvalue weighted by atomic mass is 32.2. The number of rotatable bonds is 6. The molecule has 1 N–H and O–H groups in total. The van der Waals surface area contributed by atoms with Crippen LogP contribution >= 0.6 is 11.8 Å². The van der Waals surface area contributed by atoms with Crippen molar-refractivity contribution in [2.24, 2.45) is 0 Å². The maximum absolute atomic E-state index is 12.7. The summed E-state index contributed by atoms with van der Waals surface area (Å²) in [4.78, 5) is 15.0. The SMILES string of the molecule is COC[C@@H](C)NC(=O)[C@@H](c1ccccc1)N1CCSCC1. The highest BCUT2D eigenvalue weighted by Gasteiger charge is 2.29. The molecule has 0 saturated carbocycles. The molecule has 21 heavy (non-hydrogen) atoms. The minimum absolute atomic E-state index is 0.0212. The fourth-order valence-corrected chi connectivity index (χ4v) is 3.54. The molecule has 2 rings (SSSR count). The number of ether oxygens (including phenoxy) is 1. The smallest absolute Gasteiger partial charge is 0.242 e. The van der Waals surface area contributed by atoms with E-state index in [1.165, 1.54) is 0 Å². The van der Waals surface area contributed by atoms with Gasteiger partial charge in [0.25, 0.3) is 0 Å². The Balaban J connectivity index is 2.13. The van der Waals surface area contributed by atoms with Gasteiger partial charge in [-0.1, -0.05) is 30.3 Å². The molecule has 1 heterocycles. The van der Waals surface area contributed by atoms with E-state index in [4.69, 9.17) is 4.74 Å². The van der Waals surface area contributed by atoms with E-state index in [0.29, 0.717) is 6.61 Å². The van der Waals surface area contributed by atoms with Crippen LogP contribution < -0.4 is 5.32 Å². The standard InChI is InChI=1S/C16H24N2O2S/c1-13(12-20-2)17-16(19)15(14-6-4-3-5-7-14)18-8-10-21-11-9-18/h3-7,13,15H,8-12H2,1-2H3,(H,17,19)/t13-,15-/m1/s1. The molecule has 0 unspecified atom stereocenters. The molecular weight excluding hydrogens is 284 g/mol. The van der Waals surface area contributed by atoms with Crippen LogP contribution in [0.4, 0.5) is 0 Å². The predicted octanol–water partition coefficient (Wildman–Crippen LogP) is 1.93. The van der Waals surface area contributed by atoms with Crippen molar-refractivity contribution >= 4 is 17.7 Å². The van der Waals surface area contributed by atoms with Gasteiger partial charge in [-0.25, -0.2) is 0 Å². The van der Waals surface area contributed by atoms with E-state index < -0.39 is 0 Å². The maximum Gasteiger partial charge on any atom is 0.242 e. The summed E-state index contributed by atoms with van der Waals surface area (Å²) in [6, 6.07) is 9.86. The first kappa shape index (κ1) is 16.3. The minimum Gasteiger partial charge on any atom is -0.383 e. The highest BCUT2D eigenvalue weighted by Crippen LogP contribution is 2.24. The Morgan fingerprint density at radius 3 is 2.62 bits per heavy atom. The van der Waals surface area contributed by atoms with Crippen molar-refractivity contribution in [3.8, 4) is 0 Å². The fourth-order valence-electron chi connectivity index (χ4n) is 2.61. The van der Waals surface area contributed by atoms with Crippen LogP contribution in [0.2, 0.25) is 0 Å². The first-order valence-corrected chi connectivity index (χ1v) is 8.54. The van der Waals surface area contributed by atoms with Crippen molar-refractivity contribution in [2.75, 3.05) is 38.3 Å². The number of thioether (sulfide) groups is 1. The summed E-state index contributed by atoms with van der Waals surface area (Å²) >= 11 is 1.95. The van der Waals surface area contributed by atoms with Crippen LogP contribution in [0.15, 0.2) is 30.3 Å². The Kier molecular flexibility index (Phi) is 6.54. The number of benzene rings is 1. The zero-order valence-electron chi connectivity index (χ0n) is 12.7. The van der Waals surface area contributed by atoms with Crippen molar-refractivity contribution in [1.29, 1.82) is 0 Å². The molecule has 2 atom stereocenters. The molecule has 0 radical (unpaired) electrons. The lowest BCUT2D eigenvalue weighted by molar-refractivity contribution is -0.127. The number of hydrogen-bond acceptors (Lipinski definition) is 4. The van der Waals surface area contributed by atoms with Gasteiger partial charge in [-0.2, -0.15) is 11.8 Å². The summed E-state index contributed by atoms with van der Waals surface area (Å²) in [5, 5.41) is 3.06. The normalized spacial score (nSPS) is 19.0. The van der Waals surface area contributed by atoms with Crippen molar-refractivity contribution in [2.45, 2.75) is 19.0 Å². The second-order valence-electron chi connectivity index (χ2n) is 5.33. The van der Waals surface area contributed by atoms with Crippen LogP contribution in [-0.2, 0) is 9.53 Å². The summed E-state index contributed by atoms with van der Waals surface area (Å²) in [7, 11) is 1.65. The molecule has 1 aliphatic heterocycles. The van der Waals surface area contributed by atoms with Gasteiger partial charge in [0, 0.05) is 37.7 Å². The van der Waals surface area contributed by atoms with E-state index in [0.717, 1.165) is 30.2 Å². The lowest BCUT2D eigenvalue weighted by Gasteiger charge is -2.34.